The summed E-state index contributed by atoms with van der Waals surface area (Å²) in [6, 6.07) is 7.10. The first-order valence-electron chi connectivity index (χ1n) is 6.56. The molecule has 0 amide bonds. The van der Waals surface area contributed by atoms with Gasteiger partial charge < -0.3 is 5.32 Å². The Hall–Kier alpha value is -0.720. The maximum atomic E-state index is 12.4. The van der Waals surface area contributed by atoms with E-state index in [1.54, 1.807) is 18.2 Å². The molecule has 2 rings (SSSR count). The summed E-state index contributed by atoms with van der Waals surface area (Å²) in [6.45, 7) is 2.65. The molecule has 2 N–H and O–H groups in total. The van der Waals surface area contributed by atoms with Gasteiger partial charge >= 0.3 is 0 Å². The van der Waals surface area contributed by atoms with Crippen LogP contribution in [0.1, 0.15) is 19.8 Å². The van der Waals surface area contributed by atoms with Crippen LogP contribution in [0.25, 0.3) is 0 Å². The van der Waals surface area contributed by atoms with Crippen LogP contribution in [0.15, 0.2) is 29.2 Å². The van der Waals surface area contributed by atoms with Gasteiger partial charge in [0.05, 0.1) is 5.69 Å². The molecule has 0 aliphatic carbocycles. The van der Waals surface area contributed by atoms with E-state index in [2.05, 4.69) is 10.0 Å². The molecule has 1 unspecified atom stereocenters. The van der Waals surface area contributed by atoms with Gasteiger partial charge in [0.1, 0.15) is 4.90 Å². The van der Waals surface area contributed by atoms with Gasteiger partial charge in [0.15, 0.2) is 0 Å². The molecule has 1 fully saturated rings. The van der Waals surface area contributed by atoms with Crippen LogP contribution < -0.4 is 10.0 Å². The van der Waals surface area contributed by atoms with E-state index in [9.17, 15) is 8.42 Å². The summed E-state index contributed by atoms with van der Waals surface area (Å²) in [7, 11) is -3.44. The first-order valence-corrected chi connectivity index (χ1v) is 9.20. The highest BCUT2D eigenvalue weighted by molar-refractivity contribution is 7.99. The lowest BCUT2D eigenvalue weighted by Crippen LogP contribution is -2.38. The Morgan fingerprint density at radius 3 is 2.84 bits per heavy atom. The molecule has 19 heavy (non-hydrogen) atoms. The summed E-state index contributed by atoms with van der Waals surface area (Å²) in [4.78, 5) is 0.340. The molecule has 0 bridgehead atoms. The normalized spacial score (nSPS) is 20.2. The van der Waals surface area contributed by atoms with Crippen LogP contribution >= 0.6 is 11.8 Å². The van der Waals surface area contributed by atoms with Crippen molar-refractivity contribution in [1.29, 1.82) is 0 Å². The molecule has 0 radical (unpaired) electrons. The predicted octanol–water partition coefficient (Wildman–Crippen LogP) is 2.29. The van der Waals surface area contributed by atoms with Crippen molar-refractivity contribution in [3.05, 3.63) is 24.3 Å². The third-order valence-corrected chi connectivity index (χ3v) is 5.82. The molecule has 106 valence electrons. The molecule has 0 aromatic heterocycles. The zero-order valence-electron chi connectivity index (χ0n) is 11.1. The Kier molecular flexibility index (Phi) is 5.13. The number of nitrogens with one attached hydrogen (secondary N) is 2. The van der Waals surface area contributed by atoms with Gasteiger partial charge in [-0.25, -0.2) is 13.1 Å². The quantitative estimate of drug-likeness (QED) is 0.876. The Morgan fingerprint density at radius 1 is 1.37 bits per heavy atom. The second-order valence-corrected chi connectivity index (χ2v) is 7.39. The van der Waals surface area contributed by atoms with Crippen LogP contribution in [-0.4, -0.2) is 32.5 Å². The van der Waals surface area contributed by atoms with Crippen LogP contribution in [0.2, 0.25) is 0 Å². The summed E-state index contributed by atoms with van der Waals surface area (Å²) in [6.07, 6.45) is 2.00. The number of benzene rings is 1. The molecule has 1 heterocycles. The van der Waals surface area contributed by atoms with Crippen molar-refractivity contribution >= 4 is 27.5 Å². The van der Waals surface area contributed by atoms with E-state index in [0.29, 0.717) is 17.1 Å². The first kappa shape index (κ1) is 14.7. The monoisotopic (exact) mass is 300 g/mol. The number of anilines is 1. The molecule has 1 aromatic rings. The zero-order chi connectivity index (χ0) is 13.7. The largest absolute Gasteiger partial charge is 0.384 e. The standard InChI is InChI=1S/C13H20N2O2S2/c1-2-14-12-7-3-4-8-13(12)19(16,17)15-11-6-5-9-18-10-11/h3-4,7-8,11,14-15H,2,5-6,9-10H2,1H3. The Bertz CT molecular complexity index is 511. The number of hydrogen-bond donors (Lipinski definition) is 2. The van der Waals surface area contributed by atoms with Gasteiger partial charge in [0.25, 0.3) is 0 Å². The van der Waals surface area contributed by atoms with E-state index in [-0.39, 0.29) is 6.04 Å². The molecule has 1 saturated heterocycles. The average molecular weight is 300 g/mol. The Balaban J connectivity index is 2.18. The van der Waals surface area contributed by atoms with Gasteiger partial charge in [-0.2, -0.15) is 11.8 Å². The molecular formula is C13H20N2O2S2. The fraction of sp³-hybridized carbons (Fsp3) is 0.538. The second kappa shape index (κ2) is 6.63. The fourth-order valence-corrected chi connectivity index (χ4v) is 4.79. The van der Waals surface area contributed by atoms with Crippen LogP contribution in [0.5, 0.6) is 0 Å². The number of para-hydroxylation sites is 1. The maximum absolute atomic E-state index is 12.4. The third-order valence-electron chi connectivity index (χ3n) is 3.03. The van der Waals surface area contributed by atoms with E-state index in [0.717, 1.165) is 24.3 Å². The molecule has 4 nitrogen and oxygen atoms in total. The Morgan fingerprint density at radius 2 is 2.16 bits per heavy atom. The summed E-state index contributed by atoms with van der Waals surface area (Å²) >= 11 is 1.81. The van der Waals surface area contributed by atoms with E-state index < -0.39 is 10.0 Å². The van der Waals surface area contributed by atoms with Crippen LogP contribution in [0.4, 0.5) is 5.69 Å². The van der Waals surface area contributed by atoms with Crippen LogP contribution in [0.3, 0.4) is 0 Å². The summed E-state index contributed by atoms with van der Waals surface area (Å²) in [5, 5.41) is 3.10. The topological polar surface area (TPSA) is 58.2 Å². The minimum atomic E-state index is -3.44. The smallest absolute Gasteiger partial charge is 0.242 e. The molecule has 0 saturated carbocycles. The van der Waals surface area contributed by atoms with Gasteiger partial charge in [-0.15, -0.1) is 0 Å². The zero-order valence-corrected chi connectivity index (χ0v) is 12.7. The van der Waals surface area contributed by atoms with Crippen LogP contribution in [0, 0.1) is 0 Å². The van der Waals surface area contributed by atoms with Gasteiger partial charge in [-0.05, 0) is 37.7 Å². The van der Waals surface area contributed by atoms with E-state index in [4.69, 9.17) is 0 Å². The van der Waals surface area contributed by atoms with Crippen molar-refractivity contribution in [3.8, 4) is 0 Å². The van der Waals surface area contributed by atoms with E-state index >= 15 is 0 Å². The third kappa shape index (κ3) is 3.87. The number of sulfonamides is 1. The average Bonchev–Trinajstić information content (AvgIpc) is 2.40. The minimum absolute atomic E-state index is 0.0541. The van der Waals surface area contributed by atoms with E-state index in [1.807, 2.05) is 24.8 Å². The Labute approximate surface area is 119 Å². The summed E-state index contributed by atoms with van der Waals surface area (Å²) < 4.78 is 27.7. The molecule has 0 spiro atoms. The van der Waals surface area contributed by atoms with Gasteiger partial charge in [0.2, 0.25) is 10.0 Å². The van der Waals surface area contributed by atoms with Crippen molar-refractivity contribution in [2.24, 2.45) is 0 Å². The van der Waals surface area contributed by atoms with Crippen molar-refractivity contribution in [1.82, 2.24) is 4.72 Å². The summed E-state index contributed by atoms with van der Waals surface area (Å²) in [5.74, 6) is 1.99. The SMILES string of the molecule is CCNc1ccccc1S(=O)(=O)NC1CCCSC1. The maximum Gasteiger partial charge on any atom is 0.242 e. The lowest BCUT2D eigenvalue weighted by Gasteiger charge is -2.23. The molecule has 1 aromatic carbocycles. The van der Waals surface area contributed by atoms with Gasteiger partial charge in [0, 0.05) is 18.3 Å². The highest BCUT2D eigenvalue weighted by Gasteiger charge is 2.23. The lowest BCUT2D eigenvalue weighted by molar-refractivity contribution is 0.543. The van der Waals surface area contributed by atoms with Crippen molar-refractivity contribution < 1.29 is 8.42 Å². The first-order chi connectivity index (χ1) is 9.13. The highest BCUT2D eigenvalue weighted by Crippen LogP contribution is 2.23. The molecule has 1 aliphatic heterocycles. The molecule has 1 atom stereocenters. The minimum Gasteiger partial charge on any atom is -0.384 e. The lowest BCUT2D eigenvalue weighted by atomic mass is 10.2. The van der Waals surface area contributed by atoms with Gasteiger partial charge in [-0.3, -0.25) is 0 Å². The highest BCUT2D eigenvalue weighted by atomic mass is 32.2. The van der Waals surface area contributed by atoms with Gasteiger partial charge in [-0.1, -0.05) is 12.1 Å². The fourth-order valence-electron chi connectivity index (χ4n) is 2.15. The number of hydrogen-bond acceptors (Lipinski definition) is 4. The van der Waals surface area contributed by atoms with Crippen molar-refractivity contribution in [2.75, 3.05) is 23.4 Å². The predicted molar refractivity (Wildman–Crippen MR) is 81.3 cm³/mol. The second-order valence-electron chi connectivity index (χ2n) is 4.56. The number of rotatable bonds is 5. The van der Waals surface area contributed by atoms with Crippen molar-refractivity contribution in [3.63, 3.8) is 0 Å². The van der Waals surface area contributed by atoms with Crippen molar-refractivity contribution in [2.45, 2.75) is 30.7 Å². The molecule has 1 aliphatic rings. The molecular weight excluding hydrogens is 280 g/mol. The van der Waals surface area contributed by atoms with Crippen LogP contribution in [-0.2, 0) is 10.0 Å². The number of thioether (sulfide) groups is 1. The molecule has 6 heteroatoms. The van der Waals surface area contributed by atoms with E-state index in [1.165, 1.54) is 0 Å². The summed E-state index contributed by atoms with van der Waals surface area (Å²) in [5.41, 5.74) is 0.668.